The summed E-state index contributed by atoms with van der Waals surface area (Å²) in [6.07, 6.45) is 0. The molecule has 2 aromatic heterocycles. The van der Waals surface area contributed by atoms with Gasteiger partial charge in [-0.25, -0.2) is 4.98 Å². The van der Waals surface area contributed by atoms with Crippen molar-refractivity contribution in [2.24, 2.45) is 0 Å². The molecular weight excluding hydrogens is 448 g/mol. The lowest BCUT2D eigenvalue weighted by Gasteiger charge is -2.17. The zero-order chi connectivity index (χ0) is 22.8. The fourth-order valence-electron chi connectivity index (χ4n) is 3.79. The molecule has 33 heavy (non-hydrogen) atoms. The summed E-state index contributed by atoms with van der Waals surface area (Å²) in [7, 11) is 1.67. The summed E-state index contributed by atoms with van der Waals surface area (Å²) in [6.45, 7) is 4.42. The van der Waals surface area contributed by atoms with Crippen molar-refractivity contribution in [2.75, 3.05) is 7.11 Å². The molecular formula is C26H24N4OS2. The Morgan fingerprint density at radius 1 is 0.939 bits per heavy atom. The smallest absolute Gasteiger partial charge is 0.196 e. The van der Waals surface area contributed by atoms with Crippen LogP contribution in [-0.2, 0) is 5.75 Å². The highest BCUT2D eigenvalue weighted by Gasteiger charge is 2.20. The van der Waals surface area contributed by atoms with Gasteiger partial charge in [-0.05, 0) is 53.9 Å². The highest BCUT2D eigenvalue weighted by Crippen LogP contribution is 2.34. The van der Waals surface area contributed by atoms with Gasteiger partial charge in [0.05, 0.1) is 28.8 Å². The van der Waals surface area contributed by atoms with Crippen LogP contribution < -0.4 is 4.74 Å². The van der Waals surface area contributed by atoms with Crippen molar-refractivity contribution in [3.05, 3.63) is 83.4 Å². The van der Waals surface area contributed by atoms with Gasteiger partial charge in [0.2, 0.25) is 0 Å². The number of hydrogen-bond donors (Lipinski definition) is 0. The largest absolute Gasteiger partial charge is 0.497 e. The minimum Gasteiger partial charge on any atom is -0.497 e. The van der Waals surface area contributed by atoms with E-state index >= 15 is 0 Å². The predicted octanol–water partition coefficient (Wildman–Crippen LogP) is 6.97. The summed E-state index contributed by atoms with van der Waals surface area (Å²) in [5.41, 5.74) is 4.40. The van der Waals surface area contributed by atoms with Gasteiger partial charge < -0.3 is 4.74 Å². The van der Waals surface area contributed by atoms with Crippen LogP contribution in [0.3, 0.4) is 0 Å². The zero-order valence-electron chi connectivity index (χ0n) is 18.7. The molecule has 0 aliphatic carbocycles. The fraction of sp³-hybridized carbons (Fsp3) is 0.192. The van der Waals surface area contributed by atoms with Crippen LogP contribution in [0.2, 0.25) is 0 Å². The van der Waals surface area contributed by atoms with Gasteiger partial charge in [0.25, 0.3) is 0 Å². The van der Waals surface area contributed by atoms with Gasteiger partial charge in [-0.15, -0.1) is 21.5 Å². The van der Waals surface area contributed by atoms with Crippen LogP contribution in [0, 0.1) is 0 Å². The van der Waals surface area contributed by atoms with E-state index in [1.807, 2.05) is 30.3 Å². The lowest BCUT2D eigenvalue weighted by molar-refractivity contribution is 0.415. The number of benzene rings is 3. The Kier molecular flexibility index (Phi) is 6.15. The average Bonchev–Trinajstić information content (AvgIpc) is 3.46. The van der Waals surface area contributed by atoms with E-state index in [0.717, 1.165) is 44.3 Å². The minimum atomic E-state index is 0.370. The Morgan fingerprint density at radius 2 is 1.70 bits per heavy atom. The van der Waals surface area contributed by atoms with Crippen molar-refractivity contribution in [2.45, 2.75) is 30.7 Å². The summed E-state index contributed by atoms with van der Waals surface area (Å²) in [6, 6.07) is 24.7. The zero-order valence-corrected chi connectivity index (χ0v) is 20.4. The number of nitrogens with zero attached hydrogens (tertiary/aromatic N) is 4. The maximum Gasteiger partial charge on any atom is 0.196 e. The van der Waals surface area contributed by atoms with Gasteiger partial charge in [0.15, 0.2) is 11.0 Å². The van der Waals surface area contributed by atoms with E-state index in [2.05, 4.69) is 71.1 Å². The molecule has 0 aliphatic heterocycles. The number of thioether (sulfide) groups is 1. The molecule has 0 unspecified atom stereocenters. The molecule has 5 rings (SSSR count). The van der Waals surface area contributed by atoms with Gasteiger partial charge in [-0.2, -0.15) is 0 Å². The van der Waals surface area contributed by atoms with E-state index in [0.29, 0.717) is 5.92 Å². The minimum absolute atomic E-state index is 0.370. The molecule has 0 aliphatic rings. The third-order valence-electron chi connectivity index (χ3n) is 5.44. The monoisotopic (exact) mass is 472 g/mol. The molecule has 0 amide bonds. The van der Waals surface area contributed by atoms with Crippen molar-refractivity contribution in [1.82, 2.24) is 19.7 Å². The molecule has 2 heterocycles. The number of ether oxygens (including phenoxy) is 1. The maximum absolute atomic E-state index is 5.34. The number of thiazole rings is 1. The Labute approximate surface area is 201 Å². The van der Waals surface area contributed by atoms with Crippen molar-refractivity contribution in [1.29, 1.82) is 0 Å². The van der Waals surface area contributed by atoms with Crippen LogP contribution in [0.5, 0.6) is 5.75 Å². The standard InChI is InChI=1S/C26H24N4OS2/c1-17(2)20-8-4-6-10-22(20)30-25(18-12-14-19(31-3)15-13-18)28-29-26(30)32-16-24-27-21-9-5-7-11-23(21)33-24/h4-15,17H,16H2,1-3H3. The van der Waals surface area contributed by atoms with Gasteiger partial charge in [0.1, 0.15) is 10.8 Å². The van der Waals surface area contributed by atoms with E-state index in [-0.39, 0.29) is 0 Å². The van der Waals surface area contributed by atoms with Crippen molar-refractivity contribution >= 4 is 33.3 Å². The van der Waals surface area contributed by atoms with Gasteiger partial charge >= 0.3 is 0 Å². The molecule has 5 aromatic rings. The molecule has 0 saturated heterocycles. The fourth-order valence-corrected chi connectivity index (χ4v) is 5.70. The number of fused-ring (bicyclic) bond motifs is 1. The topological polar surface area (TPSA) is 52.8 Å². The van der Waals surface area contributed by atoms with Gasteiger partial charge in [0, 0.05) is 5.56 Å². The summed E-state index contributed by atoms with van der Waals surface area (Å²) >= 11 is 3.40. The van der Waals surface area contributed by atoms with Gasteiger partial charge in [-0.3, -0.25) is 4.57 Å². The van der Waals surface area contributed by atoms with Crippen LogP contribution in [0.25, 0.3) is 27.3 Å². The first kappa shape index (κ1) is 21.7. The molecule has 0 N–H and O–H groups in total. The van der Waals surface area contributed by atoms with Crippen molar-refractivity contribution in [3.63, 3.8) is 0 Å². The molecule has 0 fully saturated rings. The van der Waals surface area contributed by atoms with E-state index in [9.17, 15) is 0 Å². The van der Waals surface area contributed by atoms with Crippen LogP contribution in [-0.4, -0.2) is 26.9 Å². The van der Waals surface area contributed by atoms with E-state index in [4.69, 9.17) is 9.72 Å². The molecule has 0 spiro atoms. The second-order valence-electron chi connectivity index (χ2n) is 7.95. The van der Waals surface area contributed by atoms with Crippen LogP contribution >= 0.6 is 23.1 Å². The number of para-hydroxylation sites is 2. The lowest BCUT2D eigenvalue weighted by Crippen LogP contribution is -2.05. The number of rotatable bonds is 7. The molecule has 0 atom stereocenters. The first-order valence-corrected chi connectivity index (χ1v) is 12.6. The second-order valence-corrected chi connectivity index (χ2v) is 10.0. The van der Waals surface area contributed by atoms with Crippen LogP contribution in [0.15, 0.2) is 78.0 Å². The first-order valence-electron chi connectivity index (χ1n) is 10.8. The highest BCUT2D eigenvalue weighted by atomic mass is 32.2. The maximum atomic E-state index is 5.34. The molecule has 5 nitrogen and oxygen atoms in total. The second kappa shape index (κ2) is 9.37. The van der Waals surface area contributed by atoms with E-state index in [1.165, 1.54) is 10.3 Å². The molecule has 0 bridgehead atoms. The average molecular weight is 473 g/mol. The third kappa shape index (κ3) is 4.38. The van der Waals surface area contributed by atoms with Crippen molar-refractivity contribution < 1.29 is 4.74 Å². The summed E-state index contributed by atoms with van der Waals surface area (Å²) in [5, 5.41) is 11.1. The van der Waals surface area contributed by atoms with Crippen LogP contribution in [0.1, 0.15) is 30.3 Å². The Bertz CT molecular complexity index is 1360. The molecule has 0 radical (unpaired) electrons. The summed E-state index contributed by atoms with van der Waals surface area (Å²) in [5.74, 6) is 2.74. The quantitative estimate of drug-likeness (QED) is 0.239. The normalized spacial score (nSPS) is 11.4. The first-order chi connectivity index (χ1) is 16.1. The van der Waals surface area contributed by atoms with E-state index in [1.54, 1.807) is 30.2 Å². The molecule has 3 aromatic carbocycles. The van der Waals surface area contributed by atoms with Crippen molar-refractivity contribution in [3.8, 4) is 22.8 Å². The Hall–Kier alpha value is -3.16. The van der Waals surface area contributed by atoms with Crippen LogP contribution in [0.4, 0.5) is 0 Å². The molecule has 0 saturated carbocycles. The summed E-state index contributed by atoms with van der Waals surface area (Å²) in [4.78, 5) is 4.79. The highest BCUT2D eigenvalue weighted by molar-refractivity contribution is 7.98. The Balaban J connectivity index is 1.56. The third-order valence-corrected chi connectivity index (χ3v) is 7.60. The Morgan fingerprint density at radius 3 is 2.45 bits per heavy atom. The predicted molar refractivity (Wildman–Crippen MR) is 137 cm³/mol. The number of methoxy groups -OCH3 is 1. The van der Waals surface area contributed by atoms with E-state index < -0.39 is 0 Å². The molecule has 166 valence electrons. The lowest BCUT2D eigenvalue weighted by atomic mass is 10.0. The number of hydrogen-bond acceptors (Lipinski definition) is 6. The van der Waals surface area contributed by atoms with Gasteiger partial charge in [-0.1, -0.05) is 55.9 Å². The SMILES string of the molecule is COc1ccc(-c2nnc(SCc3nc4ccccc4s3)n2-c2ccccc2C(C)C)cc1. The molecule has 7 heteroatoms. The number of aromatic nitrogens is 4. The summed E-state index contributed by atoms with van der Waals surface area (Å²) < 4.78 is 8.72.